The Hall–Kier alpha value is -1.22. The van der Waals surface area contributed by atoms with Gasteiger partial charge in [-0.2, -0.15) is 0 Å². The van der Waals surface area contributed by atoms with Crippen molar-refractivity contribution in [3.63, 3.8) is 0 Å². The van der Waals surface area contributed by atoms with Crippen molar-refractivity contribution < 1.29 is 14.9 Å². The molecule has 1 heterocycles. The second-order valence-corrected chi connectivity index (χ2v) is 3.01. The van der Waals surface area contributed by atoms with Crippen molar-refractivity contribution in [1.82, 2.24) is 0 Å². The van der Waals surface area contributed by atoms with Gasteiger partial charge < -0.3 is 14.9 Å². The summed E-state index contributed by atoms with van der Waals surface area (Å²) in [5.41, 5.74) is 1.55. The molecule has 0 aromatic heterocycles. The lowest BCUT2D eigenvalue weighted by Crippen LogP contribution is -1.97. The Morgan fingerprint density at radius 2 is 2.25 bits per heavy atom. The zero-order valence-corrected chi connectivity index (χ0v) is 6.74. The highest BCUT2D eigenvalue weighted by molar-refractivity contribution is 5.49. The van der Waals surface area contributed by atoms with Gasteiger partial charge in [0.05, 0.1) is 0 Å². The number of benzene rings is 1. The van der Waals surface area contributed by atoms with E-state index in [4.69, 9.17) is 4.74 Å². The van der Waals surface area contributed by atoms with Crippen molar-refractivity contribution in [3.05, 3.63) is 23.3 Å². The third-order valence-electron chi connectivity index (χ3n) is 2.03. The molecule has 1 atom stereocenters. The second kappa shape index (κ2) is 2.38. The maximum absolute atomic E-state index is 9.39. The van der Waals surface area contributed by atoms with Crippen molar-refractivity contribution >= 4 is 0 Å². The number of hydrogen-bond donors (Lipinski definition) is 2. The first-order valence-electron chi connectivity index (χ1n) is 3.83. The van der Waals surface area contributed by atoms with Gasteiger partial charge >= 0.3 is 0 Å². The van der Waals surface area contributed by atoms with Crippen LogP contribution in [-0.2, 0) is 0 Å². The van der Waals surface area contributed by atoms with Gasteiger partial charge in [-0.15, -0.1) is 0 Å². The van der Waals surface area contributed by atoms with Crippen LogP contribution in [0.5, 0.6) is 11.5 Å². The summed E-state index contributed by atoms with van der Waals surface area (Å²) in [6, 6.07) is 3.16. The standard InChI is InChI=1S/C9H10O3/c1-5-2-6(10)3-7-8(11)4-12-9(5)7/h2-3,8,10-11H,4H2,1H3/t8-/m0/s1. The number of ether oxygens (including phenoxy) is 1. The number of aryl methyl sites for hydroxylation is 1. The van der Waals surface area contributed by atoms with Crippen LogP contribution in [0.1, 0.15) is 17.2 Å². The van der Waals surface area contributed by atoms with Crippen LogP contribution >= 0.6 is 0 Å². The van der Waals surface area contributed by atoms with Crippen LogP contribution in [-0.4, -0.2) is 16.8 Å². The van der Waals surface area contributed by atoms with Crippen LogP contribution in [0.4, 0.5) is 0 Å². The van der Waals surface area contributed by atoms with Crippen molar-refractivity contribution in [2.24, 2.45) is 0 Å². The monoisotopic (exact) mass is 166 g/mol. The summed E-state index contributed by atoms with van der Waals surface area (Å²) in [4.78, 5) is 0. The first-order valence-corrected chi connectivity index (χ1v) is 3.83. The average Bonchev–Trinajstić information content (AvgIpc) is 2.33. The van der Waals surface area contributed by atoms with E-state index in [1.807, 2.05) is 6.92 Å². The second-order valence-electron chi connectivity index (χ2n) is 3.01. The number of hydrogen-bond acceptors (Lipinski definition) is 3. The van der Waals surface area contributed by atoms with Crippen LogP contribution in [0.25, 0.3) is 0 Å². The van der Waals surface area contributed by atoms with Crippen molar-refractivity contribution in [2.45, 2.75) is 13.0 Å². The lowest BCUT2D eigenvalue weighted by molar-refractivity contribution is 0.140. The fraction of sp³-hybridized carbons (Fsp3) is 0.333. The molecule has 12 heavy (non-hydrogen) atoms. The molecule has 0 spiro atoms. The van der Waals surface area contributed by atoms with E-state index < -0.39 is 6.10 Å². The van der Waals surface area contributed by atoms with Crippen LogP contribution in [0.2, 0.25) is 0 Å². The van der Waals surface area contributed by atoms with Crippen molar-refractivity contribution in [3.8, 4) is 11.5 Å². The van der Waals surface area contributed by atoms with E-state index in [1.54, 1.807) is 12.1 Å². The molecule has 1 aromatic carbocycles. The van der Waals surface area contributed by atoms with Gasteiger partial charge in [-0.3, -0.25) is 0 Å². The van der Waals surface area contributed by atoms with Crippen molar-refractivity contribution in [2.75, 3.05) is 6.61 Å². The Morgan fingerprint density at radius 1 is 1.50 bits per heavy atom. The third-order valence-corrected chi connectivity index (χ3v) is 2.03. The Morgan fingerprint density at radius 3 is 3.00 bits per heavy atom. The van der Waals surface area contributed by atoms with E-state index in [-0.39, 0.29) is 5.75 Å². The van der Waals surface area contributed by atoms with Gasteiger partial charge in [-0.1, -0.05) is 0 Å². The third kappa shape index (κ3) is 0.940. The summed E-state index contributed by atoms with van der Waals surface area (Å²) in [5, 5.41) is 18.6. The largest absolute Gasteiger partial charge is 0.508 e. The summed E-state index contributed by atoms with van der Waals surface area (Å²) >= 11 is 0. The number of aromatic hydroxyl groups is 1. The highest BCUT2D eigenvalue weighted by atomic mass is 16.5. The Labute approximate surface area is 70.2 Å². The quantitative estimate of drug-likeness (QED) is 0.607. The number of rotatable bonds is 0. The minimum Gasteiger partial charge on any atom is -0.508 e. The first-order chi connectivity index (χ1) is 5.68. The Balaban J connectivity index is 2.60. The van der Waals surface area contributed by atoms with E-state index in [2.05, 4.69) is 0 Å². The molecule has 1 aliphatic rings. The number of fused-ring (bicyclic) bond motifs is 1. The maximum atomic E-state index is 9.39. The summed E-state index contributed by atoms with van der Waals surface area (Å²) in [6.45, 7) is 2.14. The predicted molar refractivity (Wildman–Crippen MR) is 43.3 cm³/mol. The highest BCUT2D eigenvalue weighted by Gasteiger charge is 2.23. The number of phenolic OH excluding ortho intramolecular Hbond substituents is 1. The molecule has 0 fully saturated rings. The zero-order chi connectivity index (χ0) is 8.72. The van der Waals surface area contributed by atoms with Crippen LogP contribution in [0.3, 0.4) is 0 Å². The number of aliphatic hydroxyl groups is 1. The van der Waals surface area contributed by atoms with Gasteiger partial charge in [0.2, 0.25) is 0 Å². The lowest BCUT2D eigenvalue weighted by atomic mass is 10.1. The summed E-state index contributed by atoms with van der Waals surface area (Å²) in [6.07, 6.45) is -0.592. The molecule has 0 saturated heterocycles. The first kappa shape index (κ1) is 7.43. The van der Waals surface area contributed by atoms with Gasteiger partial charge in [0.25, 0.3) is 0 Å². The topological polar surface area (TPSA) is 49.7 Å². The molecule has 0 radical (unpaired) electrons. The molecule has 3 nitrogen and oxygen atoms in total. The number of aliphatic hydroxyl groups excluding tert-OH is 1. The fourth-order valence-electron chi connectivity index (χ4n) is 1.48. The molecule has 1 aromatic rings. The molecular formula is C9H10O3. The normalized spacial score (nSPS) is 20.3. The molecule has 2 N–H and O–H groups in total. The van der Waals surface area contributed by atoms with E-state index >= 15 is 0 Å². The van der Waals surface area contributed by atoms with Crippen LogP contribution in [0, 0.1) is 6.92 Å². The molecule has 1 aliphatic heterocycles. The maximum Gasteiger partial charge on any atom is 0.128 e. The molecule has 3 heteroatoms. The molecule has 64 valence electrons. The molecular weight excluding hydrogens is 156 g/mol. The van der Waals surface area contributed by atoms with Crippen molar-refractivity contribution in [1.29, 1.82) is 0 Å². The summed E-state index contributed by atoms with van der Waals surface area (Å²) in [7, 11) is 0. The minimum absolute atomic E-state index is 0.177. The predicted octanol–water partition coefficient (Wildman–Crippen LogP) is 1.13. The number of phenols is 1. The van der Waals surface area contributed by atoms with Gasteiger partial charge in [0, 0.05) is 5.56 Å². The smallest absolute Gasteiger partial charge is 0.128 e. The fourth-order valence-corrected chi connectivity index (χ4v) is 1.48. The average molecular weight is 166 g/mol. The van der Waals surface area contributed by atoms with Gasteiger partial charge in [-0.05, 0) is 24.6 Å². The van der Waals surface area contributed by atoms with Gasteiger partial charge in [-0.25, -0.2) is 0 Å². The molecule has 0 unspecified atom stereocenters. The molecule has 0 bridgehead atoms. The molecule has 0 aliphatic carbocycles. The van der Waals surface area contributed by atoms with E-state index in [1.165, 1.54) is 0 Å². The van der Waals surface area contributed by atoms with E-state index in [0.717, 1.165) is 5.56 Å². The Bertz CT molecular complexity index is 320. The Kier molecular flexibility index (Phi) is 1.48. The molecule has 0 saturated carbocycles. The zero-order valence-electron chi connectivity index (χ0n) is 6.74. The van der Waals surface area contributed by atoms with Gasteiger partial charge in [0.15, 0.2) is 0 Å². The highest BCUT2D eigenvalue weighted by Crippen LogP contribution is 2.37. The van der Waals surface area contributed by atoms with E-state index in [0.29, 0.717) is 17.9 Å². The lowest BCUT2D eigenvalue weighted by Gasteiger charge is -2.03. The van der Waals surface area contributed by atoms with Gasteiger partial charge in [0.1, 0.15) is 24.2 Å². The summed E-state index contributed by atoms with van der Waals surface area (Å²) in [5.74, 6) is 0.885. The minimum atomic E-state index is -0.592. The van der Waals surface area contributed by atoms with E-state index in [9.17, 15) is 10.2 Å². The SMILES string of the molecule is Cc1cc(O)cc2c1OC[C@@H]2O. The van der Waals surface area contributed by atoms with Crippen LogP contribution in [0.15, 0.2) is 12.1 Å². The molecule has 2 rings (SSSR count). The molecule has 0 amide bonds. The van der Waals surface area contributed by atoms with Crippen LogP contribution < -0.4 is 4.74 Å². The summed E-state index contributed by atoms with van der Waals surface area (Å²) < 4.78 is 5.24.